The average Bonchev–Trinajstić information content (AvgIpc) is 2.25. The first-order valence-electron chi connectivity index (χ1n) is 4.93. The molecule has 84 valence electrons. The fraction of sp³-hybridized carbons (Fsp3) is 0.333. The van der Waals surface area contributed by atoms with Crippen LogP contribution < -0.4 is 0 Å². The summed E-state index contributed by atoms with van der Waals surface area (Å²) in [7, 11) is 0. The van der Waals surface area contributed by atoms with Crippen molar-refractivity contribution < 1.29 is 9.53 Å². The molecule has 0 heterocycles. The van der Waals surface area contributed by atoms with Crippen LogP contribution in [0, 0.1) is 21.8 Å². The van der Waals surface area contributed by atoms with Gasteiger partial charge < -0.3 is 4.74 Å². The zero-order valence-electron chi connectivity index (χ0n) is 9.21. The summed E-state index contributed by atoms with van der Waals surface area (Å²) in [6, 6.07) is 5.72. The first-order chi connectivity index (χ1) is 7.60. The summed E-state index contributed by atoms with van der Waals surface area (Å²) < 4.78 is 5.85. The maximum Gasteiger partial charge on any atom is 0.310 e. The Bertz CT molecular complexity index is 449. The van der Waals surface area contributed by atoms with Gasteiger partial charge in [-0.1, -0.05) is 6.07 Å². The Kier molecular flexibility index (Phi) is 4.74. The summed E-state index contributed by atoms with van der Waals surface area (Å²) in [6.45, 7) is 4.09. The van der Waals surface area contributed by atoms with E-state index in [1.54, 1.807) is 13.0 Å². The number of nitriles is 1. The second-order valence-corrected chi connectivity index (χ2v) is 4.39. The Morgan fingerprint density at radius 1 is 1.56 bits per heavy atom. The molecule has 0 aromatic heterocycles. The minimum atomic E-state index is -0.289. The van der Waals surface area contributed by atoms with E-state index in [0.29, 0.717) is 12.2 Å². The molecule has 0 aliphatic carbocycles. The lowest BCUT2D eigenvalue weighted by Gasteiger charge is -2.08. The van der Waals surface area contributed by atoms with Crippen LogP contribution in [0.2, 0.25) is 0 Å². The minimum absolute atomic E-state index is 0.163. The summed E-state index contributed by atoms with van der Waals surface area (Å²) in [4.78, 5) is 11.4. The van der Waals surface area contributed by atoms with Crippen LogP contribution in [0.5, 0.6) is 0 Å². The Morgan fingerprint density at radius 3 is 2.81 bits per heavy atom. The maximum absolute atomic E-state index is 11.4. The van der Waals surface area contributed by atoms with Crippen LogP contribution in [0.25, 0.3) is 0 Å². The predicted molar refractivity (Wildman–Crippen MR) is 68.9 cm³/mol. The van der Waals surface area contributed by atoms with Crippen molar-refractivity contribution in [3.8, 4) is 6.07 Å². The van der Waals surface area contributed by atoms with Gasteiger partial charge in [-0.05, 0) is 53.6 Å². The number of carbonyl (C=O) groups is 1. The van der Waals surface area contributed by atoms with Gasteiger partial charge in [-0.2, -0.15) is 5.26 Å². The van der Waals surface area contributed by atoms with E-state index in [4.69, 9.17) is 10.00 Å². The van der Waals surface area contributed by atoms with Gasteiger partial charge in [-0.3, -0.25) is 4.79 Å². The number of hydrogen-bond donors (Lipinski definition) is 0. The zero-order valence-corrected chi connectivity index (χ0v) is 11.4. The lowest BCUT2D eigenvalue weighted by molar-refractivity contribution is -0.142. The molecule has 3 nitrogen and oxygen atoms in total. The quantitative estimate of drug-likeness (QED) is 0.633. The molecule has 1 rings (SSSR count). The van der Waals surface area contributed by atoms with Crippen LogP contribution in [0.15, 0.2) is 12.1 Å². The number of ether oxygens (including phenoxy) is 1. The van der Waals surface area contributed by atoms with E-state index in [2.05, 4.69) is 28.7 Å². The lowest BCUT2D eigenvalue weighted by atomic mass is 10.0. The highest BCUT2D eigenvalue weighted by Gasteiger charge is 2.13. The van der Waals surface area contributed by atoms with Crippen molar-refractivity contribution in [3.63, 3.8) is 0 Å². The van der Waals surface area contributed by atoms with Crippen molar-refractivity contribution in [2.75, 3.05) is 6.61 Å². The number of halogens is 1. The molecule has 4 heteroatoms. The molecule has 0 spiro atoms. The molecule has 0 aliphatic rings. The van der Waals surface area contributed by atoms with Gasteiger partial charge in [0.05, 0.1) is 24.7 Å². The monoisotopic (exact) mass is 329 g/mol. The van der Waals surface area contributed by atoms with Crippen molar-refractivity contribution in [1.29, 1.82) is 5.26 Å². The van der Waals surface area contributed by atoms with Gasteiger partial charge in [-0.15, -0.1) is 0 Å². The summed E-state index contributed by atoms with van der Waals surface area (Å²) >= 11 is 2.16. The van der Waals surface area contributed by atoms with E-state index in [0.717, 1.165) is 14.7 Å². The zero-order chi connectivity index (χ0) is 12.1. The second kappa shape index (κ2) is 5.85. The average molecular weight is 329 g/mol. The van der Waals surface area contributed by atoms with Gasteiger partial charge >= 0.3 is 5.97 Å². The molecule has 0 amide bonds. The molecule has 0 saturated heterocycles. The number of carbonyl (C=O) groups excluding carboxylic acids is 1. The molecule has 0 aliphatic heterocycles. The third-order valence-corrected chi connectivity index (χ3v) is 3.69. The highest BCUT2D eigenvalue weighted by Crippen LogP contribution is 2.21. The van der Waals surface area contributed by atoms with E-state index < -0.39 is 0 Å². The molecule has 0 unspecified atom stereocenters. The molecular formula is C12H12INO2. The van der Waals surface area contributed by atoms with Crippen molar-refractivity contribution >= 4 is 28.6 Å². The molecule has 0 atom stereocenters. The van der Waals surface area contributed by atoms with Gasteiger partial charge in [0.25, 0.3) is 0 Å². The molecule has 0 bridgehead atoms. The van der Waals surface area contributed by atoms with E-state index in [9.17, 15) is 4.79 Å². The summed E-state index contributed by atoms with van der Waals surface area (Å²) in [5, 5.41) is 8.97. The molecule has 0 fully saturated rings. The Morgan fingerprint density at radius 2 is 2.25 bits per heavy atom. The van der Waals surface area contributed by atoms with Crippen LogP contribution in [0.3, 0.4) is 0 Å². The van der Waals surface area contributed by atoms with Crippen molar-refractivity contribution in [3.05, 3.63) is 32.4 Å². The van der Waals surface area contributed by atoms with Crippen LogP contribution in [0.1, 0.15) is 23.6 Å². The topological polar surface area (TPSA) is 50.1 Å². The number of aryl methyl sites for hydroxylation is 1. The Balaban J connectivity index is 3.07. The number of nitrogens with zero attached hydrogens (tertiary/aromatic N) is 1. The minimum Gasteiger partial charge on any atom is -0.466 e. The number of benzene rings is 1. The Hall–Kier alpha value is -1.09. The normalized spacial score (nSPS) is 9.62. The number of hydrogen-bond acceptors (Lipinski definition) is 3. The van der Waals surface area contributed by atoms with Gasteiger partial charge in [0.1, 0.15) is 0 Å². The summed E-state index contributed by atoms with van der Waals surface area (Å²) in [5.74, 6) is -0.289. The molecule has 1 aromatic carbocycles. The molecule has 16 heavy (non-hydrogen) atoms. The van der Waals surface area contributed by atoms with Gasteiger partial charge in [-0.25, -0.2) is 0 Å². The third kappa shape index (κ3) is 2.95. The van der Waals surface area contributed by atoms with Gasteiger partial charge in [0.15, 0.2) is 0 Å². The van der Waals surface area contributed by atoms with Crippen molar-refractivity contribution in [2.24, 2.45) is 0 Å². The molecule has 0 N–H and O–H groups in total. The number of esters is 1. The lowest BCUT2D eigenvalue weighted by Crippen LogP contribution is -2.10. The van der Waals surface area contributed by atoms with E-state index in [-0.39, 0.29) is 12.4 Å². The van der Waals surface area contributed by atoms with Gasteiger partial charge in [0.2, 0.25) is 0 Å². The third-order valence-electron chi connectivity index (χ3n) is 2.18. The van der Waals surface area contributed by atoms with Crippen LogP contribution in [-0.2, 0) is 16.0 Å². The molecular weight excluding hydrogens is 317 g/mol. The summed E-state index contributed by atoms with van der Waals surface area (Å²) in [6.07, 6.45) is 0.163. The highest BCUT2D eigenvalue weighted by atomic mass is 127. The van der Waals surface area contributed by atoms with Gasteiger partial charge in [0, 0.05) is 3.57 Å². The predicted octanol–water partition coefficient (Wildman–Crippen LogP) is 2.58. The molecule has 1 aromatic rings. The van der Waals surface area contributed by atoms with Crippen LogP contribution in [0.4, 0.5) is 0 Å². The fourth-order valence-corrected chi connectivity index (χ4v) is 2.03. The standard InChI is InChI=1S/C12H12INO2/c1-3-16-11(15)6-10-9(7-14)5-4-8(2)12(10)13/h4-5H,3,6H2,1-2H3. The SMILES string of the molecule is CCOC(=O)Cc1c(C#N)ccc(C)c1I. The maximum atomic E-state index is 11.4. The first kappa shape index (κ1) is 13.0. The smallest absolute Gasteiger partial charge is 0.310 e. The van der Waals surface area contributed by atoms with Crippen LogP contribution in [-0.4, -0.2) is 12.6 Å². The van der Waals surface area contributed by atoms with Crippen molar-refractivity contribution in [2.45, 2.75) is 20.3 Å². The van der Waals surface area contributed by atoms with Crippen molar-refractivity contribution in [1.82, 2.24) is 0 Å². The fourth-order valence-electron chi connectivity index (χ4n) is 1.37. The van der Waals surface area contributed by atoms with E-state index >= 15 is 0 Å². The molecule has 0 radical (unpaired) electrons. The Labute approximate surface area is 109 Å². The summed E-state index contributed by atoms with van der Waals surface area (Å²) in [5.41, 5.74) is 2.38. The molecule has 0 saturated carbocycles. The largest absolute Gasteiger partial charge is 0.466 e. The first-order valence-corrected chi connectivity index (χ1v) is 6.01. The number of rotatable bonds is 3. The second-order valence-electron chi connectivity index (χ2n) is 3.32. The van der Waals surface area contributed by atoms with E-state index in [1.807, 2.05) is 13.0 Å². The van der Waals surface area contributed by atoms with Crippen LogP contribution >= 0.6 is 22.6 Å². The van der Waals surface area contributed by atoms with E-state index in [1.165, 1.54) is 0 Å². The highest BCUT2D eigenvalue weighted by molar-refractivity contribution is 14.1.